The molecule has 2 heterocycles. The molecule has 104 valence electrons. The summed E-state index contributed by atoms with van der Waals surface area (Å²) in [5.74, 6) is 0.689. The monoisotopic (exact) mass is 269 g/mol. The molecule has 0 spiro atoms. The first-order chi connectivity index (χ1) is 9.61. The Kier molecular flexibility index (Phi) is 4.36. The Hall–Kier alpha value is -2.35. The van der Waals surface area contributed by atoms with Gasteiger partial charge in [0.05, 0.1) is 11.8 Å². The molecule has 20 heavy (non-hydrogen) atoms. The second-order valence-corrected chi connectivity index (χ2v) is 4.97. The Bertz CT molecular complexity index is 636. The van der Waals surface area contributed by atoms with Crippen molar-refractivity contribution in [2.75, 3.05) is 11.9 Å². The predicted molar refractivity (Wildman–Crippen MR) is 78.6 cm³/mol. The lowest BCUT2D eigenvalue weighted by Crippen LogP contribution is -2.08. The van der Waals surface area contributed by atoms with Crippen LogP contribution < -0.4 is 5.32 Å². The number of H-pyrrole nitrogens is 1. The first-order valence-corrected chi connectivity index (χ1v) is 6.73. The van der Waals surface area contributed by atoms with Crippen molar-refractivity contribution in [1.82, 2.24) is 15.2 Å². The zero-order valence-electron chi connectivity index (χ0n) is 12.1. The zero-order valence-corrected chi connectivity index (χ0v) is 12.1. The van der Waals surface area contributed by atoms with Gasteiger partial charge in [0, 0.05) is 17.9 Å². The number of aryl methyl sites for hydroxylation is 4. The van der Waals surface area contributed by atoms with E-state index in [4.69, 9.17) is 0 Å². The molecule has 0 saturated heterocycles. The minimum absolute atomic E-state index is 0.634. The van der Waals surface area contributed by atoms with Crippen LogP contribution in [0.4, 0.5) is 5.82 Å². The summed E-state index contributed by atoms with van der Waals surface area (Å²) >= 11 is 0. The van der Waals surface area contributed by atoms with E-state index in [0.717, 1.165) is 36.3 Å². The number of aromatic nitrogens is 3. The van der Waals surface area contributed by atoms with Crippen molar-refractivity contribution >= 4 is 5.82 Å². The molecule has 0 aromatic carbocycles. The van der Waals surface area contributed by atoms with E-state index >= 15 is 0 Å². The fraction of sp³-hybridized carbons (Fsp3) is 0.400. The number of rotatable bonds is 5. The van der Waals surface area contributed by atoms with E-state index in [0.29, 0.717) is 11.4 Å². The van der Waals surface area contributed by atoms with Crippen molar-refractivity contribution in [3.63, 3.8) is 0 Å². The van der Waals surface area contributed by atoms with Gasteiger partial charge < -0.3 is 5.32 Å². The van der Waals surface area contributed by atoms with Crippen LogP contribution in [0.5, 0.6) is 0 Å². The normalized spacial score (nSPS) is 10.3. The van der Waals surface area contributed by atoms with Crippen LogP contribution in [-0.4, -0.2) is 21.7 Å². The molecule has 0 fully saturated rings. The molecular formula is C15H19N5. The van der Waals surface area contributed by atoms with Gasteiger partial charge in [-0.25, -0.2) is 4.98 Å². The fourth-order valence-corrected chi connectivity index (χ4v) is 2.22. The van der Waals surface area contributed by atoms with Crippen LogP contribution in [0.2, 0.25) is 0 Å². The Labute approximate surface area is 119 Å². The molecule has 0 aliphatic heterocycles. The van der Waals surface area contributed by atoms with Crippen molar-refractivity contribution in [1.29, 1.82) is 5.26 Å². The first-order valence-electron chi connectivity index (χ1n) is 6.73. The number of hydrogen-bond acceptors (Lipinski definition) is 4. The van der Waals surface area contributed by atoms with Crippen LogP contribution in [0.25, 0.3) is 0 Å². The number of hydrogen-bond donors (Lipinski definition) is 2. The fourth-order valence-electron chi connectivity index (χ4n) is 2.22. The lowest BCUT2D eigenvalue weighted by molar-refractivity contribution is 0.852. The van der Waals surface area contributed by atoms with Gasteiger partial charge in [-0.15, -0.1) is 0 Å². The average Bonchev–Trinajstić information content (AvgIpc) is 2.80. The highest BCUT2D eigenvalue weighted by Crippen LogP contribution is 2.17. The Balaban J connectivity index is 1.95. The van der Waals surface area contributed by atoms with Crippen LogP contribution in [0, 0.1) is 32.1 Å². The lowest BCUT2D eigenvalue weighted by Gasteiger charge is -2.10. The van der Waals surface area contributed by atoms with Gasteiger partial charge in [-0.1, -0.05) is 0 Å². The molecule has 0 bridgehead atoms. The Morgan fingerprint density at radius 3 is 2.80 bits per heavy atom. The van der Waals surface area contributed by atoms with Gasteiger partial charge in [0.2, 0.25) is 0 Å². The maximum atomic E-state index is 9.19. The molecule has 0 saturated carbocycles. The smallest absolute Gasteiger partial charge is 0.144 e. The molecule has 5 nitrogen and oxygen atoms in total. The predicted octanol–water partition coefficient (Wildman–Crippen LogP) is 2.65. The van der Waals surface area contributed by atoms with E-state index in [9.17, 15) is 5.26 Å². The zero-order chi connectivity index (χ0) is 14.5. The minimum atomic E-state index is 0.634. The largest absolute Gasteiger partial charge is 0.369 e. The topological polar surface area (TPSA) is 77.4 Å². The molecule has 0 radical (unpaired) electrons. The number of nitriles is 1. The second-order valence-electron chi connectivity index (χ2n) is 4.97. The lowest BCUT2D eigenvalue weighted by atomic mass is 10.1. The summed E-state index contributed by atoms with van der Waals surface area (Å²) in [5, 5.41) is 19.4. The molecule has 2 aromatic heterocycles. The number of aromatic amines is 1. The van der Waals surface area contributed by atoms with Crippen molar-refractivity contribution in [2.24, 2.45) is 0 Å². The standard InChI is InChI=1S/C15H19N5/c1-10-7-11(2)19-15(14(10)8-16)17-6-4-5-13-9-18-20-12(13)3/h7,9H,4-6H2,1-3H3,(H,17,19)(H,18,20). The van der Waals surface area contributed by atoms with Crippen LogP contribution in [-0.2, 0) is 6.42 Å². The molecule has 0 atom stereocenters. The van der Waals surface area contributed by atoms with Crippen molar-refractivity contribution in [3.8, 4) is 6.07 Å². The van der Waals surface area contributed by atoms with Gasteiger partial charge >= 0.3 is 0 Å². The molecular weight excluding hydrogens is 250 g/mol. The van der Waals surface area contributed by atoms with E-state index < -0.39 is 0 Å². The summed E-state index contributed by atoms with van der Waals surface area (Å²) in [6.07, 6.45) is 3.80. The number of pyridine rings is 1. The number of nitrogens with zero attached hydrogens (tertiary/aromatic N) is 3. The highest BCUT2D eigenvalue weighted by molar-refractivity contribution is 5.56. The van der Waals surface area contributed by atoms with Crippen LogP contribution >= 0.6 is 0 Å². The number of anilines is 1. The summed E-state index contributed by atoms with van der Waals surface area (Å²) in [5.41, 5.74) is 4.88. The summed E-state index contributed by atoms with van der Waals surface area (Å²) < 4.78 is 0. The molecule has 0 amide bonds. The molecule has 0 aliphatic carbocycles. The second kappa shape index (κ2) is 6.20. The van der Waals surface area contributed by atoms with Crippen LogP contribution in [0.1, 0.15) is 34.5 Å². The molecule has 2 rings (SSSR count). The van der Waals surface area contributed by atoms with Gasteiger partial charge in [0.15, 0.2) is 0 Å². The first kappa shape index (κ1) is 14.1. The summed E-state index contributed by atoms with van der Waals surface area (Å²) in [6, 6.07) is 4.14. The highest BCUT2D eigenvalue weighted by atomic mass is 15.1. The minimum Gasteiger partial charge on any atom is -0.369 e. The number of nitrogens with one attached hydrogen (secondary N) is 2. The van der Waals surface area contributed by atoms with Gasteiger partial charge in [-0.2, -0.15) is 10.4 Å². The quantitative estimate of drug-likeness (QED) is 0.818. The van der Waals surface area contributed by atoms with E-state index in [2.05, 4.69) is 26.6 Å². The Morgan fingerprint density at radius 2 is 2.15 bits per heavy atom. The summed E-state index contributed by atoms with van der Waals surface area (Å²) in [7, 11) is 0. The van der Waals surface area contributed by atoms with Crippen molar-refractivity contribution in [2.45, 2.75) is 33.6 Å². The molecule has 0 unspecified atom stereocenters. The molecule has 5 heteroatoms. The molecule has 0 aliphatic rings. The SMILES string of the molecule is Cc1cc(C)c(C#N)c(NCCCc2cn[nH]c2C)n1. The van der Waals surface area contributed by atoms with E-state index in [1.807, 2.05) is 33.0 Å². The molecule has 2 N–H and O–H groups in total. The third-order valence-electron chi connectivity index (χ3n) is 3.31. The van der Waals surface area contributed by atoms with E-state index in [1.54, 1.807) is 0 Å². The van der Waals surface area contributed by atoms with Crippen LogP contribution in [0.3, 0.4) is 0 Å². The van der Waals surface area contributed by atoms with Crippen molar-refractivity contribution in [3.05, 3.63) is 40.3 Å². The third kappa shape index (κ3) is 3.15. The maximum absolute atomic E-state index is 9.19. The summed E-state index contributed by atoms with van der Waals surface area (Å²) in [6.45, 7) is 6.69. The summed E-state index contributed by atoms with van der Waals surface area (Å²) in [4.78, 5) is 4.40. The third-order valence-corrected chi connectivity index (χ3v) is 3.31. The highest BCUT2D eigenvalue weighted by Gasteiger charge is 2.08. The van der Waals surface area contributed by atoms with Crippen LogP contribution in [0.15, 0.2) is 12.3 Å². The van der Waals surface area contributed by atoms with Crippen molar-refractivity contribution < 1.29 is 0 Å². The van der Waals surface area contributed by atoms with E-state index in [1.165, 1.54) is 5.56 Å². The Morgan fingerprint density at radius 1 is 1.35 bits per heavy atom. The maximum Gasteiger partial charge on any atom is 0.144 e. The van der Waals surface area contributed by atoms with E-state index in [-0.39, 0.29) is 0 Å². The van der Waals surface area contributed by atoms with Gasteiger partial charge in [0.1, 0.15) is 11.9 Å². The van der Waals surface area contributed by atoms with Gasteiger partial charge in [-0.05, 0) is 50.8 Å². The van der Waals surface area contributed by atoms with Gasteiger partial charge in [-0.3, -0.25) is 5.10 Å². The van der Waals surface area contributed by atoms with Gasteiger partial charge in [0.25, 0.3) is 0 Å². The average molecular weight is 269 g/mol. The molecule has 2 aromatic rings.